The van der Waals surface area contributed by atoms with Crippen LogP contribution >= 0.6 is 0 Å². The van der Waals surface area contributed by atoms with Crippen LogP contribution in [0.4, 0.5) is 11.8 Å². The van der Waals surface area contributed by atoms with Crippen LogP contribution in [-0.2, 0) is 4.79 Å². The van der Waals surface area contributed by atoms with Gasteiger partial charge in [-0.2, -0.15) is 15.1 Å². The largest absolute Gasteiger partial charge is 0.372 e. The predicted octanol–water partition coefficient (Wildman–Crippen LogP) is 2.91. The number of nitrogens with one attached hydrogen (secondary N) is 3. The summed E-state index contributed by atoms with van der Waals surface area (Å²) in [4.78, 5) is 30.6. The zero-order chi connectivity index (χ0) is 22.6. The number of hydrogen-bond acceptors (Lipinski definition) is 7. The van der Waals surface area contributed by atoms with Gasteiger partial charge in [0.25, 0.3) is 0 Å². The molecule has 2 fully saturated rings. The molecule has 2 aliphatic rings. The number of aromatic amines is 1. The second-order valence-electron chi connectivity index (χ2n) is 9.31. The van der Waals surface area contributed by atoms with Crippen molar-refractivity contribution in [2.24, 2.45) is 5.41 Å². The van der Waals surface area contributed by atoms with Gasteiger partial charge in [-0.25, -0.2) is 9.50 Å². The highest BCUT2D eigenvalue weighted by Crippen LogP contribution is 2.44. The van der Waals surface area contributed by atoms with Gasteiger partial charge in [0, 0.05) is 62.7 Å². The van der Waals surface area contributed by atoms with Gasteiger partial charge in [-0.05, 0) is 37.8 Å². The summed E-state index contributed by atoms with van der Waals surface area (Å²) in [6.45, 7) is 3.47. The lowest BCUT2D eigenvalue weighted by atomic mass is 9.67. The maximum atomic E-state index is 11.5. The van der Waals surface area contributed by atoms with E-state index in [2.05, 4.69) is 25.7 Å². The van der Waals surface area contributed by atoms with Crippen molar-refractivity contribution in [3.63, 3.8) is 0 Å². The van der Waals surface area contributed by atoms with E-state index < -0.39 is 0 Å². The highest BCUT2D eigenvalue weighted by atomic mass is 16.2. The summed E-state index contributed by atoms with van der Waals surface area (Å²) in [5.74, 6) is 1.57. The van der Waals surface area contributed by atoms with E-state index in [1.807, 2.05) is 36.5 Å². The van der Waals surface area contributed by atoms with Gasteiger partial charge in [-0.15, -0.1) is 0 Å². The van der Waals surface area contributed by atoms with Crippen molar-refractivity contribution in [2.45, 2.75) is 38.6 Å². The van der Waals surface area contributed by atoms with Crippen molar-refractivity contribution in [3.8, 4) is 11.3 Å². The maximum Gasteiger partial charge on any atom is 0.226 e. The molecule has 1 saturated carbocycles. The van der Waals surface area contributed by atoms with E-state index in [1.54, 1.807) is 17.6 Å². The topological polar surface area (TPSA) is 116 Å². The fourth-order valence-corrected chi connectivity index (χ4v) is 5.30. The highest BCUT2D eigenvalue weighted by Gasteiger charge is 2.46. The standard InChI is InChI=1S/C23H27N9O/c1-14(33)31-12-23(13-31)7-5-15(6-8-23)27-22-28-20(24-2)19-16(11-26-21(19)29-22)17-3-4-18-25-9-10-32(18)30-17/h3-4,9-11,15H,5-8,12-13H2,1-2H3,(H3,24,26,27,28,29). The van der Waals surface area contributed by atoms with Gasteiger partial charge in [0.1, 0.15) is 11.5 Å². The lowest BCUT2D eigenvalue weighted by molar-refractivity contribution is -0.143. The lowest BCUT2D eigenvalue weighted by Crippen LogP contribution is -2.59. The quantitative estimate of drug-likeness (QED) is 0.442. The Bertz CT molecular complexity index is 1340. The van der Waals surface area contributed by atoms with Gasteiger partial charge in [-0.1, -0.05) is 0 Å². The number of nitrogens with zero attached hydrogens (tertiary/aromatic N) is 6. The molecule has 0 aromatic carbocycles. The number of rotatable bonds is 4. The summed E-state index contributed by atoms with van der Waals surface area (Å²) in [6.07, 6.45) is 9.88. The van der Waals surface area contributed by atoms with Crippen molar-refractivity contribution >= 4 is 34.4 Å². The minimum absolute atomic E-state index is 0.188. The molecule has 5 heterocycles. The van der Waals surface area contributed by atoms with Crippen LogP contribution in [0, 0.1) is 5.41 Å². The number of amides is 1. The molecule has 10 heteroatoms. The SMILES string of the molecule is CNc1nc(NC2CCC3(CC2)CN(C(C)=O)C3)nc2[nH]cc(-c3ccc4nccn4n3)c12. The molecule has 0 bridgehead atoms. The molecule has 6 rings (SSSR count). The van der Waals surface area contributed by atoms with Crippen molar-refractivity contribution in [1.82, 2.24) is 34.4 Å². The second-order valence-corrected chi connectivity index (χ2v) is 9.31. The fraction of sp³-hybridized carbons (Fsp3) is 0.435. The van der Waals surface area contributed by atoms with Gasteiger partial charge < -0.3 is 20.5 Å². The normalized spacial score (nSPS) is 18.1. The molecule has 33 heavy (non-hydrogen) atoms. The zero-order valence-corrected chi connectivity index (χ0v) is 18.8. The molecule has 4 aromatic heterocycles. The van der Waals surface area contributed by atoms with E-state index in [9.17, 15) is 4.79 Å². The Morgan fingerprint density at radius 2 is 2.03 bits per heavy atom. The molecule has 0 unspecified atom stereocenters. The highest BCUT2D eigenvalue weighted by molar-refractivity contribution is 6.00. The summed E-state index contributed by atoms with van der Waals surface area (Å²) in [6, 6.07) is 4.25. The summed E-state index contributed by atoms with van der Waals surface area (Å²) < 4.78 is 1.76. The molecule has 1 aliphatic carbocycles. The third-order valence-corrected chi connectivity index (χ3v) is 7.18. The van der Waals surface area contributed by atoms with Gasteiger partial charge in [0.2, 0.25) is 11.9 Å². The third kappa shape index (κ3) is 3.37. The Morgan fingerprint density at radius 3 is 2.79 bits per heavy atom. The number of aromatic nitrogens is 6. The third-order valence-electron chi connectivity index (χ3n) is 7.18. The number of anilines is 2. The lowest BCUT2D eigenvalue weighted by Gasteiger charge is -2.53. The minimum atomic E-state index is 0.188. The minimum Gasteiger partial charge on any atom is -0.372 e. The van der Waals surface area contributed by atoms with Crippen LogP contribution in [0.3, 0.4) is 0 Å². The number of hydrogen-bond donors (Lipinski definition) is 3. The average Bonchev–Trinajstić information content (AvgIpc) is 3.44. The Kier molecular flexibility index (Phi) is 4.49. The van der Waals surface area contributed by atoms with Crippen LogP contribution in [0.1, 0.15) is 32.6 Å². The molecule has 170 valence electrons. The van der Waals surface area contributed by atoms with Crippen LogP contribution in [0.5, 0.6) is 0 Å². The molecule has 1 aliphatic heterocycles. The molecular formula is C23H27N9O. The van der Waals surface area contributed by atoms with Gasteiger partial charge >= 0.3 is 0 Å². The molecule has 0 radical (unpaired) electrons. The Morgan fingerprint density at radius 1 is 1.21 bits per heavy atom. The van der Waals surface area contributed by atoms with E-state index in [-0.39, 0.29) is 5.91 Å². The molecular weight excluding hydrogens is 418 g/mol. The number of carbonyl (C=O) groups excluding carboxylic acids is 1. The number of carbonyl (C=O) groups is 1. The first kappa shape index (κ1) is 20.0. The van der Waals surface area contributed by atoms with E-state index in [0.29, 0.717) is 17.4 Å². The van der Waals surface area contributed by atoms with E-state index in [1.165, 1.54) is 0 Å². The van der Waals surface area contributed by atoms with Crippen molar-refractivity contribution in [2.75, 3.05) is 30.8 Å². The van der Waals surface area contributed by atoms with Crippen LogP contribution in [0.15, 0.2) is 30.7 Å². The molecule has 1 amide bonds. The Labute approximate surface area is 190 Å². The van der Waals surface area contributed by atoms with Gasteiger partial charge in [-0.3, -0.25) is 4.79 Å². The van der Waals surface area contributed by atoms with E-state index in [4.69, 9.17) is 9.97 Å². The van der Waals surface area contributed by atoms with E-state index >= 15 is 0 Å². The summed E-state index contributed by atoms with van der Waals surface area (Å²) in [5, 5.41) is 12.4. The van der Waals surface area contributed by atoms with Crippen LogP contribution < -0.4 is 10.6 Å². The Balaban J connectivity index is 1.22. The van der Waals surface area contributed by atoms with Crippen LogP contribution in [0.25, 0.3) is 27.9 Å². The number of likely N-dealkylation sites (tertiary alicyclic amines) is 1. The molecule has 10 nitrogen and oxygen atoms in total. The summed E-state index contributed by atoms with van der Waals surface area (Å²) in [5.41, 5.74) is 3.66. The molecule has 0 atom stereocenters. The monoisotopic (exact) mass is 445 g/mol. The van der Waals surface area contributed by atoms with Crippen molar-refractivity contribution < 1.29 is 4.79 Å². The molecule has 4 aromatic rings. The fourth-order valence-electron chi connectivity index (χ4n) is 5.30. The summed E-state index contributed by atoms with van der Waals surface area (Å²) in [7, 11) is 1.87. The molecule has 3 N–H and O–H groups in total. The second kappa shape index (κ2) is 7.43. The number of imidazole rings is 1. The zero-order valence-electron chi connectivity index (χ0n) is 18.8. The number of fused-ring (bicyclic) bond motifs is 2. The van der Waals surface area contributed by atoms with Crippen molar-refractivity contribution in [3.05, 3.63) is 30.7 Å². The first-order chi connectivity index (χ1) is 16.0. The van der Waals surface area contributed by atoms with E-state index in [0.717, 1.165) is 72.5 Å². The maximum absolute atomic E-state index is 11.5. The van der Waals surface area contributed by atoms with Gasteiger partial charge in [0.05, 0.1) is 11.1 Å². The summed E-state index contributed by atoms with van der Waals surface area (Å²) >= 11 is 0. The predicted molar refractivity (Wildman–Crippen MR) is 126 cm³/mol. The average molecular weight is 446 g/mol. The van der Waals surface area contributed by atoms with Gasteiger partial charge in [0.15, 0.2) is 5.65 Å². The number of H-pyrrole nitrogens is 1. The smallest absolute Gasteiger partial charge is 0.226 e. The molecule has 1 spiro atoms. The Hall–Kier alpha value is -3.69. The van der Waals surface area contributed by atoms with Crippen LogP contribution in [0.2, 0.25) is 0 Å². The first-order valence-corrected chi connectivity index (χ1v) is 11.4. The van der Waals surface area contributed by atoms with Crippen molar-refractivity contribution in [1.29, 1.82) is 0 Å². The molecule has 1 saturated heterocycles. The van der Waals surface area contributed by atoms with Crippen LogP contribution in [-0.4, -0.2) is 66.5 Å². The first-order valence-electron chi connectivity index (χ1n) is 11.4.